The van der Waals surface area contributed by atoms with Crippen molar-refractivity contribution in [3.63, 3.8) is 0 Å². The van der Waals surface area contributed by atoms with Gasteiger partial charge in [-0.2, -0.15) is 4.98 Å². The van der Waals surface area contributed by atoms with E-state index in [9.17, 15) is 4.79 Å². The predicted molar refractivity (Wildman–Crippen MR) is 129 cm³/mol. The van der Waals surface area contributed by atoms with Gasteiger partial charge in [0, 0.05) is 43.4 Å². The van der Waals surface area contributed by atoms with Gasteiger partial charge in [0.15, 0.2) is 17.0 Å². The molecule has 1 unspecified atom stereocenters. The maximum Gasteiger partial charge on any atom is 0.290 e. The summed E-state index contributed by atoms with van der Waals surface area (Å²) >= 11 is 1.45. The van der Waals surface area contributed by atoms with Gasteiger partial charge in [0.25, 0.3) is 11.7 Å². The monoisotopic (exact) mass is 495 g/mol. The summed E-state index contributed by atoms with van der Waals surface area (Å²) in [5, 5.41) is 10.5. The molecule has 2 aliphatic rings. The topological polar surface area (TPSA) is 131 Å². The van der Waals surface area contributed by atoms with Gasteiger partial charge in [-0.25, -0.2) is 9.97 Å². The van der Waals surface area contributed by atoms with Crippen molar-refractivity contribution in [2.75, 3.05) is 0 Å². The van der Waals surface area contributed by atoms with Gasteiger partial charge in [-0.1, -0.05) is 11.3 Å². The highest BCUT2D eigenvalue weighted by atomic mass is 32.1. The van der Waals surface area contributed by atoms with Gasteiger partial charge in [0.1, 0.15) is 11.3 Å². The van der Waals surface area contributed by atoms with Crippen molar-refractivity contribution in [1.29, 1.82) is 0 Å². The van der Waals surface area contributed by atoms with E-state index < -0.39 is 0 Å². The van der Waals surface area contributed by atoms with Crippen LogP contribution >= 0.6 is 11.3 Å². The average molecular weight is 496 g/mol. The number of piperidine rings is 1. The summed E-state index contributed by atoms with van der Waals surface area (Å²) in [6, 6.07) is 8.99. The second-order valence-corrected chi connectivity index (χ2v) is 9.70. The largest absolute Gasteiger partial charge is 0.483 e. The van der Waals surface area contributed by atoms with Crippen molar-refractivity contribution in [1.82, 2.24) is 25.2 Å². The Balaban J connectivity index is 0.000000806. The van der Waals surface area contributed by atoms with E-state index in [0.717, 1.165) is 35.4 Å². The van der Waals surface area contributed by atoms with E-state index >= 15 is 0 Å². The van der Waals surface area contributed by atoms with Gasteiger partial charge in [0.2, 0.25) is 5.91 Å². The normalized spacial score (nSPS) is 21.5. The highest BCUT2D eigenvalue weighted by Crippen LogP contribution is 2.38. The van der Waals surface area contributed by atoms with Crippen LogP contribution < -0.4 is 10.1 Å². The lowest BCUT2D eigenvalue weighted by molar-refractivity contribution is -0.123. The van der Waals surface area contributed by atoms with Crippen molar-refractivity contribution in [2.24, 2.45) is 0 Å². The molecule has 1 amide bonds. The number of furan rings is 1. The number of nitrogens with zero attached hydrogens (tertiary/aromatic N) is 4. The molecule has 6 rings (SSSR count). The van der Waals surface area contributed by atoms with E-state index in [0.29, 0.717) is 34.3 Å². The molecule has 2 bridgehead atoms. The molecule has 2 N–H and O–H groups in total. The lowest BCUT2D eigenvalue weighted by atomic mass is 9.97. The van der Waals surface area contributed by atoms with E-state index in [-0.39, 0.29) is 18.4 Å². The zero-order valence-electron chi connectivity index (χ0n) is 19.1. The van der Waals surface area contributed by atoms with Crippen LogP contribution in [-0.4, -0.2) is 55.5 Å². The zero-order chi connectivity index (χ0) is 24.4. The van der Waals surface area contributed by atoms with E-state index in [4.69, 9.17) is 19.1 Å². The number of carbonyl (C=O) groups is 2. The van der Waals surface area contributed by atoms with Crippen LogP contribution in [0.25, 0.3) is 21.4 Å². The molecule has 4 aromatic rings. The molecule has 2 aliphatic heterocycles. The molecule has 4 aromatic heterocycles. The molecular weight excluding hydrogens is 470 g/mol. The van der Waals surface area contributed by atoms with Crippen molar-refractivity contribution in [2.45, 2.75) is 57.3 Å². The van der Waals surface area contributed by atoms with E-state index in [1.807, 2.05) is 24.3 Å². The Bertz CT molecular complexity index is 1310. The van der Waals surface area contributed by atoms with Crippen LogP contribution in [0.15, 0.2) is 41.1 Å². The lowest BCUT2D eigenvalue weighted by Gasteiger charge is -2.38. The quantitative estimate of drug-likeness (QED) is 0.395. The first kappa shape index (κ1) is 23.2. The third-order valence-electron chi connectivity index (χ3n) is 6.38. The Morgan fingerprint density at radius 1 is 1.31 bits per heavy atom. The molecule has 2 saturated heterocycles. The molecule has 11 heteroatoms. The van der Waals surface area contributed by atoms with Crippen LogP contribution in [0.1, 0.15) is 38.4 Å². The van der Waals surface area contributed by atoms with Crippen LogP contribution in [0.4, 0.5) is 0 Å². The number of hydrogen-bond donors (Lipinski definition) is 2. The van der Waals surface area contributed by atoms with E-state index in [1.165, 1.54) is 24.2 Å². The molecule has 35 heavy (non-hydrogen) atoms. The fourth-order valence-corrected chi connectivity index (χ4v) is 5.89. The summed E-state index contributed by atoms with van der Waals surface area (Å²) in [6.45, 7) is 2.11. The molecule has 0 aromatic carbocycles. The Morgan fingerprint density at radius 3 is 2.80 bits per heavy atom. The van der Waals surface area contributed by atoms with Crippen LogP contribution in [0.5, 0.6) is 10.9 Å². The van der Waals surface area contributed by atoms with Gasteiger partial charge in [-0.05, 0) is 37.8 Å². The average Bonchev–Trinajstić information content (AvgIpc) is 3.47. The summed E-state index contributed by atoms with van der Waals surface area (Å²) < 4.78 is 13.0. The summed E-state index contributed by atoms with van der Waals surface area (Å²) in [5.41, 5.74) is 2.20. The first-order valence-electron chi connectivity index (χ1n) is 11.4. The molecule has 0 spiro atoms. The van der Waals surface area contributed by atoms with Crippen molar-refractivity contribution in [3.05, 3.63) is 42.4 Å². The molecular formula is C24H25N5O5S. The smallest absolute Gasteiger partial charge is 0.290 e. The maximum absolute atomic E-state index is 11.4. The van der Waals surface area contributed by atoms with Gasteiger partial charge in [-0.15, -0.1) is 0 Å². The molecule has 2 fully saturated rings. The van der Waals surface area contributed by atoms with Gasteiger partial charge in [0.05, 0.1) is 17.4 Å². The second kappa shape index (κ2) is 9.96. The number of carbonyl (C=O) groups excluding carboxylic acids is 1. The summed E-state index contributed by atoms with van der Waals surface area (Å²) in [6.07, 6.45) is 7.78. The first-order chi connectivity index (χ1) is 17.0. The number of hydrogen-bond acceptors (Lipinski definition) is 9. The molecule has 3 atom stereocenters. The number of thiazole rings is 1. The van der Waals surface area contributed by atoms with Crippen LogP contribution in [-0.2, 0) is 16.1 Å². The number of ether oxygens (including phenoxy) is 1. The third-order valence-corrected chi connectivity index (χ3v) is 7.26. The minimum Gasteiger partial charge on any atom is -0.483 e. The SMILES string of the molecule is CC(=O)NC1C[C@H]2CC[C@@H](C1)N2Cc1cc2ncc(Oc3nc4ncccc4s3)cc2o1.O=CO. The number of aromatic nitrogens is 3. The molecule has 0 saturated carbocycles. The maximum atomic E-state index is 11.4. The van der Waals surface area contributed by atoms with Crippen LogP contribution in [0, 0.1) is 0 Å². The number of fused-ring (bicyclic) bond motifs is 4. The standard InChI is InChI=1S/C23H23N5O3S.CH2O2/c1-13(29)26-14-7-15-4-5-16(8-14)28(15)12-18-9-19-20(30-18)10-17(11-25-19)31-23-27-22-21(32-23)3-2-6-24-22;2-1-3/h2-3,6,9-11,14-16H,4-5,7-8,12H2,1H3,(H,26,29);1H,(H,2,3)/t14?,15-,16+;. The Hall–Kier alpha value is -3.57. The number of rotatable bonds is 5. The number of carboxylic acid groups (broad SMARTS) is 1. The van der Waals surface area contributed by atoms with E-state index in [2.05, 4.69) is 25.2 Å². The first-order valence-corrected chi connectivity index (χ1v) is 12.2. The predicted octanol–water partition coefficient (Wildman–Crippen LogP) is 3.96. The summed E-state index contributed by atoms with van der Waals surface area (Å²) in [4.78, 5) is 35.5. The number of amides is 1. The van der Waals surface area contributed by atoms with Gasteiger partial charge < -0.3 is 19.6 Å². The van der Waals surface area contributed by atoms with Crippen molar-refractivity contribution < 1.29 is 23.8 Å². The fraction of sp³-hybridized carbons (Fsp3) is 0.375. The number of pyridine rings is 2. The molecule has 0 aliphatic carbocycles. The Morgan fingerprint density at radius 2 is 2.09 bits per heavy atom. The van der Waals surface area contributed by atoms with Crippen molar-refractivity contribution >= 4 is 45.2 Å². The second-order valence-electron chi connectivity index (χ2n) is 8.71. The van der Waals surface area contributed by atoms with E-state index in [1.54, 1.807) is 19.3 Å². The van der Waals surface area contributed by atoms with Crippen molar-refractivity contribution in [3.8, 4) is 10.9 Å². The lowest BCUT2D eigenvalue weighted by Crippen LogP contribution is -2.49. The summed E-state index contributed by atoms with van der Waals surface area (Å²) in [5.74, 6) is 1.56. The molecule has 0 radical (unpaired) electrons. The fourth-order valence-electron chi connectivity index (χ4n) is 5.10. The Labute approximate surface area is 204 Å². The Kier molecular flexibility index (Phi) is 6.60. The van der Waals surface area contributed by atoms with Gasteiger partial charge >= 0.3 is 0 Å². The van der Waals surface area contributed by atoms with Crippen LogP contribution in [0.2, 0.25) is 0 Å². The van der Waals surface area contributed by atoms with Gasteiger partial charge in [-0.3, -0.25) is 14.5 Å². The minimum absolute atomic E-state index is 0.0614. The third kappa shape index (κ3) is 5.10. The zero-order valence-corrected chi connectivity index (χ0v) is 19.9. The molecule has 182 valence electrons. The highest BCUT2D eigenvalue weighted by molar-refractivity contribution is 7.20. The highest BCUT2D eigenvalue weighted by Gasteiger charge is 2.41. The molecule has 6 heterocycles. The van der Waals surface area contributed by atoms with Crippen LogP contribution in [0.3, 0.4) is 0 Å². The number of nitrogens with one attached hydrogen (secondary N) is 1. The molecule has 10 nitrogen and oxygen atoms in total. The summed E-state index contributed by atoms with van der Waals surface area (Å²) in [7, 11) is 0. The minimum atomic E-state index is -0.250.